The van der Waals surface area contributed by atoms with Crippen LogP contribution in [0.3, 0.4) is 0 Å². The quantitative estimate of drug-likeness (QED) is 0.784. The van der Waals surface area contributed by atoms with Gasteiger partial charge in [-0.25, -0.2) is 8.42 Å². The van der Waals surface area contributed by atoms with Crippen LogP contribution < -0.4 is 0 Å². The number of sulfonamides is 1. The van der Waals surface area contributed by atoms with E-state index < -0.39 is 34.8 Å². The summed E-state index contributed by atoms with van der Waals surface area (Å²) in [6.45, 7) is 1.32. The summed E-state index contributed by atoms with van der Waals surface area (Å²) in [4.78, 5) is 0.0592. The van der Waals surface area contributed by atoms with Gasteiger partial charge in [-0.1, -0.05) is 48.0 Å². The molecule has 0 spiro atoms. The molecule has 146 valence electrons. The highest BCUT2D eigenvalue weighted by Crippen LogP contribution is 2.41. The largest absolute Gasteiger partial charge is 0.392 e. The van der Waals surface area contributed by atoms with Crippen LogP contribution in [0.25, 0.3) is 0 Å². The molecule has 2 aromatic rings. The van der Waals surface area contributed by atoms with Gasteiger partial charge in [0.15, 0.2) is 0 Å². The van der Waals surface area contributed by atoms with Crippen molar-refractivity contribution in [2.24, 2.45) is 0 Å². The van der Waals surface area contributed by atoms with E-state index in [1.165, 1.54) is 24.3 Å². The van der Waals surface area contributed by atoms with Crippen molar-refractivity contribution in [2.75, 3.05) is 19.7 Å². The molecule has 0 amide bonds. The second kappa shape index (κ2) is 7.26. The van der Waals surface area contributed by atoms with Gasteiger partial charge in [-0.2, -0.15) is 17.5 Å². The van der Waals surface area contributed by atoms with Gasteiger partial charge in [0.2, 0.25) is 10.0 Å². The molecule has 1 aliphatic heterocycles. The Balaban J connectivity index is 1.99. The Bertz CT molecular complexity index is 883. The Hall–Kier alpha value is -1.90. The first-order chi connectivity index (χ1) is 12.6. The third-order valence-electron chi connectivity index (χ3n) is 4.60. The van der Waals surface area contributed by atoms with E-state index in [9.17, 15) is 21.6 Å². The molecule has 0 aromatic heterocycles. The van der Waals surface area contributed by atoms with Crippen LogP contribution in [0.2, 0.25) is 0 Å². The summed E-state index contributed by atoms with van der Waals surface area (Å²) in [7, 11) is -3.93. The van der Waals surface area contributed by atoms with Crippen molar-refractivity contribution < 1.29 is 26.3 Å². The van der Waals surface area contributed by atoms with E-state index in [2.05, 4.69) is 0 Å². The second-order valence-electron chi connectivity index (χ2n) is 6.65. The van der Waals surface area contributed by atoms with Gasteiger partial charge < -0.3 is 4.74 Å². The van der Waals surface area contributed by atoms with Gasteiger partial charge in [0.25, 0.3) is 0 Å². The van der Waals surface area contributed by atoms with E-state index in [0.717, 1.165) is 9.87 Å². The lowest BCUT2D eigenvalue weighted by atomic mass is 9.88. The van der Waals surface area contributed by atoms with E-state index >= 15 is 0 Å². The van der Waals surface area contributed by atoms with Crippen molar-refractivity contribution in [1.29, 1.82) is 0 Å². The summed E-state index contributed by atoms with van der Waals surface area (Å²) in [6.07, 6.45) is -5.77. The highest BCUT2D eigenvalue weighted by Gasteiger charge is 2.49. The Morgan fingerprint density at radius 3 is 2.30 bits per heavy atom. The number of rotatable bonds is 4. The van der Waals surface area contributed by atoms with Gasteiger partial charge in [0, 0.05) is 13.1 Å². The van der Waals surface area contributed by atoms with Crippen molar-refractivity contribution in [1.82, 2.24) is 4.31 Å². The van der Waals surface area contributed by atoms with E-state index in [1.54, 1.807) is 30.3 Å². The van der Waals surface area contributed by atoms with Gasteiger partial charge in [-0.3, -0.25) is 0 Å². The van der Waals surface area contributed by atoms with Crippen LogP contribution in [0.1, 0.15) is 17.5 Å². The van der Waals surface area contributed by atoms with Crippen molar-refractivity contribution in [3.63, 3.8) is 0 Å². The molecule has 2 aromatic carbocycles. The summed E-state index contributed by atoms with van der Waals surface area (Å²) in [5.41, 5.74) is -0.562. The Morgan fingerprint density at radius 1 is 1.07 bits per heavy atom. The molecular weight excluding hydrogens is 379 g/mol. The lowest BCUT2D eigenvalue weighted by Gasteiger charge is -2.42. The number of hydrogen-bond acceptors (Lipinski definition) is 3. The van der Waals surface area contributed by atoms with E-state index in [0.29, 0.717) is 5.56 Å². The summed E-state index contributed by atoms with van der Waals surface area (Å²) in [6, 6.07) is 14.2. The minimum absolute atomic E-state index is 0.00263. The van der Waals surface area contributed by atoms with E-state index in [-0.39, 0.29) is 18.0 Å². The van der Waals surface area contributed by atoms with E-state index in [1.807, 2.05) is 6.92 Å². The molecule has 0 aliphatic carbocycles. The van der Waals surface area contributed by atoms with Crippen LogP contribution in [-0.2, 0) is 20.4 Å². The molecule has 0 saturated carbocycles. The minimum atomic E-state index is -4.51. The standard InChI is InChI=1S/C19H20F3NO3S/c1-15-7-9-17(10-8-15)27(24,25)23-11-12-26-18(14-23,13-19(20,21)22)16-5-3-2-4-6-16/h2-10H,11-14H2,1H3. The van der Waals surface area contributed by atoms with Crippen LogP contribution in [0.5, 0.6) is 0 Å². The predicted octanol–water partition coefficient (Wildman–Crippen LogP) is 3.86. The third-order valence-corrected chi connectivity index (χ3v) is 6.45. The molecule has 27 heavy (non-hydrogen) atoms. The number of morpholine rings is 1. The van der Waals surface area contributed by atoms with Crippen LogP contribution in [0.15, 0.2) is 59.5 Å². The fourth-order valence-electron chi connectivity index (χ4n) is 3.27. The van der Waals surface area contributed by atoms with Crippen LogP contribution in [0.4, 0.5) is 13.2 Å². The zero-order valence-corrected chi connectivity index (χ0v) is 15.6. The topological polar surface area (TPSA) is 46.6 Å². The fraction of sp³-hybridized carbons (Fsp3) is 0.368. The summed E-state index contributed by atoms with van der Waals surface area (Å²) in [5, 5.41) is 0. The number of nitrogens with zero attached hydrogens (tertiary/aromatic N) is 1. The molecule has 8 heteroatoms. The van der Waals surface area contributed by atoms with Crippen LogP contribution >= 0.6 is 0 Å². The molecule has 1 unspecified atom stereocenters. The average Bonchev–Trinajstić information content (AvgIpc) is 2.61. The maximum atomic E-state index is 13.3. The van der Waals surface area contributed by atoms with E-state index in [4.69, 9.17) is 4.74 Å². The number of aryl methyl sites for hydroxylation is 1. The lowest BCUT2D eigenvalue weighted by molar-refractivity contribution is -0.205. The first kappa shape index (κ1) is 19.9. The number of halogens is 3. The maximum Gasteiger partial charge on any atom is 0.392 e. The van der Waals surface area contributed by atoms with Gasteiger partial charge in [-0.05, 0) is 24.6 Å². The van der Waals surface area contributed by atoms with Crippen molar-refractivity contribution in [3.8, 4) is 0 Å². The molecule has 1 saturated heterocycles. The molecule has 1 fully saturated rings. The second-order valence-corrected chi connectivity index (χ2v) is 8.59. The fourth-order valence-corrected chi connectivity index (χ4v) is 4.74. The predicted molar refractivity (Wildman–Crippen MR) is 94.7 cm³/mol. The van der Waals surface area contributed by atoms with Crippen molar-refractivity contribution in [3.05, 3.63) is 65.7 Å². The minimum Gasteiger partial charge on any atom is -0.367 e. The highest BCUT2D eigenvalue weighted by molar-refractivity contribution is 7.89. The SMILES string of the molecule is Cc1ccc(S(=O)(=O)N2CCOC(CC(F)(F)F)(c3ccccc3)C2)cc1. The number of hydrogen-bond donors (Lipinski definition) is 0. The normalized spacial score (nSPS) is 21.9. The molecule has 1 aliphatic rings. The van der Waals surface area contributed by atoms with Crippen LogP contribution in [0, 0.1) is 6.92 Å². The molecule has 4 nitrogen and oxygen atoms in total. The Morgan fingerprint density at radius 2 is 1.70 bits per heavy atom. The molecule has 0 N–H and O–H groups in total. The molecule has 0 bridgehead atoms. The summed E-state index contributed by atoms with van der Waals surface area (Å²) >= 11 is 0. The van der Waals surface area contributed by atoms with Gasteiger partial charge in [0.05, 0.1) is 17.9 Å². The summed E-state index contributed by atoms with van der Waals surface area (Å²) < 4.78 is 72.6. The number of ether oxygens (including phenoxy) is 1. The summed E-state index contributed by atoms with van der Waals surface area (Å²) in [5.74, 6) is 0. The number of alkyl halides is 3. The van der Waals surface area contributed by atoms with Crippen molar-refractivity contribution >= 4 is 10.0 Å². The van der Waals surface area contributed by atoms with Gasteiger partial charge in [0.1, 0.15) is 5.60 Å². The smallest absolute Gasteiger partial charge is 0.367 e. The Labute approximate surface area is 156 Å². The molecule has 0 radical (unpaired) electrons. The first-order valence-corrected chi connectivity index (χ1v) is 9.90. The molecule has 3 rings (SSSR count). The average molecular weight is 399 g/mol. The Kier molecular flexibility index (Phi) is 5.33. The molecule has 1 heterocycles. The van der Waals surface area contributed by atoms with Crippen molar-refractivity contribution in [2.45, 2.75) is 30.0 Å². The third kappa shape index (κ3) is 4.34. The molecular formula is C19H20F3NO3S. The van der Waals surface area contributed by atoms with Gasteiger partial charge in [-0.15, -0.1) is 0 Å². The first-order valence-electron chi connectivity index (χ1n) is 8.45. The zero-order chi connectivity index (χ0) is 19.7. The molecule has 1 atom stereocenters. The number of benzene rings is 2. The van der Waals surface area contributed by atoms with Gasteiger partial charge >= 0.3 is 6.18 Å². The monoisotopic (exact) mass is 399 g/mol. The zero-order valence-electron chi connectivity index (χ0n) is 14.7. The van der Waals surface area contributed by atoms with Crippen LogP contribution in [-0.4, -0.2) is 38.6 Å². The lowest BCUT2D eigenvalue weighted by Crippen LogP contribution is -2.53. The maximum absolute atomic E-state index is 13.3. The highest BCUT2D eigenvalue weighted by atomic mass is 32.2.